The molecule has 0 spiro atoms. The SMILES string of the molecule is CCOc1cc(/C=C2/NC(=O)N(CC)C2=O)cc(Br)c1OCc1cccc([N+](=O)[O-])c1. The van der Waals surface area contributed by atoms with E-state index in [1.165, 1.54) is 12.1 Å². The molecular formula is C21H20BrN3O6. The molecule has 2 aromatic rings. The molecule has 1 N–H and O–H groups in total. The molecular weight excluding hydrogens is 470 g/mol. The van der Waals surface area contributed by atoms with Crippen molar-refractivity contribution in [2.45, 2.75) is 20.5 Å². The lowest BCUT2D eigenvalue weighted by Crippen LogP contribution is -2.30. The third-order valence-electron chi connectivity index (χ3n) is 4.43. The van der Waals surface area contributed by atoms with E-state index in [4.69, 9.17) is 9.47 Å². The normalized spacial score (nSPS) is 14.7. The maximum atomic E-state index is 12.3. The topological polar surface area (TPSA) is 111 Å². The van der Waals surface area contributed by atoms with E-state index < -0.39 is 16.9 Å². The molecule has 0 saturated carbocycles. The maximum absolute atomic E-state index is 12.3. The van der Waals surface area contributed by atoms with Gasteiger partial charge < -0.3 is 14.8 Å². The first-order valence-corrected chi connectivity index (χ1v) is 10.3. The first-order valence-electron chi connectivity index (χ1n) is 9.51. The van der Waals surface area contributed by atoms with Gasteiger partial charge in [-0.1, -0.05) is 12.1 Å². The maximum Gasteiger partial charge on any atom is 0.328 e. The fourth-order valence-corrected chi connectivity index (χ4v) is 3.59. The van der Waals surface area contributed by atoms with E-state index in [9.17, 15) is 19.7 Å². The summed E-state index contributed by atoms with van der Waals surface area (Å²) in [5.41, 5.74) is 1.41. The number of ether oxygens (including phenoxy) is 2. The molecule has 0 bridgehead atoms. The van der Waals surface area contributed by atoms with Gasteiger partial charge in [-0.3, -0.25) is 19.8 Å². The van der Waals surface area contributed by atoms with Crippen molar-refractivity contribution in [3.8, 4) is 11.5 Å². The van der Waals surface area contributed by atoms with E-state index in [-0.39, 0.29) is 24.5 Å². The van der Waals surface area contributed by atoms with Crippen LogP contribution in [0.15, 0.2) is 46.6 Å². The Morgan fingerprint density at radius 2 is 1.97 bits per heavy atom. The van der Waals surface area contributed by atoms with Gasteiger partial charge in [0.25, 0.3) is 11.6 Å². The van der Waals surface area contributed by atoms with Gasteiger partial charge in [0.05, 0.1) is 16.0 Å². The first-order chi connectivity index (χ1) is 14.8. The Morgan fingerprint density at radius 3 is 2.61 bits per heavy atom. The van der Waals surface area contributed by atoms with Gasteiger partial charge in [-0.2, -0.15) is 0 Å². The molecule has 31 heavy (non-hydrogen) atoms. The zero-order valence-corrected chi connectivity index (χ0v) is 18.5. The van der Waals surface area contributed by atoms with E-state index in [1.54, 1.807) is 37.3 Å². The van der Waals surface area contributed by atoms with Crippen LogP contribution in [0.1, 0.15) is 25.0 Å². The number of nitrogens with one attached hydrogen (secondary N) is 1. The number of nitro groups is 1. The van der Waals surface area contributed by atoms with Gasteiger partial charge >= 0.3 is 6.03 Å². The smallest absolute Gasteiger partial charge is 0.328 e. The number of amides is 3. The van der Waals surface area contributed by atoms with Crippen molar-refractivity contribution in [3.05, 3.63) is 67.8 Å². The van der Waals surface area contributed by atoms with Gasteiger partial charge in [-0.05, 0) is 59.1 Å². The van der Waals surface area contributed by atoms with Crippen molar-refractivity contribution < 1.29 is 24.0 Å². The Hall–Kier alpha value is -3.40. The van der Waals surface area contributed by atoms with Gasteiger partial charge in [0.2, 0.25) is 0 Å². The molecule has 1 heterocycles. The van der Waals surface area contributed by atoms with E-state index in [2.05, 4.69) is 21.2 Å². The molecule has 0 atom stereocenters. The monoisotopic (exact) mass is 489 g/mol. The van der Waals surface area contributed by atoms with Crippen LogP contribution in [0.4, 0.5) is 10.5 Å². The third-order valence-corrected chi connectivity index (χ3v) is 5.01. The average molecular weight is 490 g/mol. The quantitative estimate of drug-likeness (QED) is 0.256. The number of urea groups is 1. The Bertz CT molecular complexity index is 1070. The lowest BCUT2D eigenvalue weighted by Gasteiger charge is -2.15. The summed E-state index contributed by atoms with van der Waals surface area (Å²) in [6.45, 7) is 4.29. The second-order valence-corrected chi connectivity index (χ2v) is 7.37. The Balaban J connectivity index is 1.86. The summed E-state index contributed by atoms with van der Waals surface area (Å²) >= 11 is 3.46. The molecule has 1 aliphatic heterocycles. The molecule has 0 radical (unpaired) electrons. The van der Waals surface area contributed by atoms with Crippen molar-refractivity contribution in [1.29, 1.82) is 0 Å². The molecule has 1 saturated heterocycles. The first kappa shape index (κ1) is 22.3. The van der Waals surface area contributed by atoms with Crippen LogP contribution in [-0.4, -0.2) is 34.9 Å². The number of hydrogen-bond acceptors (Lipinski definition) is 6. The number of likely N-dealkylation sites (N-methyl/N-ethyl adjacent to an activating group) is 1. The number of carbonyl (C=O) groups is 2. The van der Waals surface area contributed by atoms with Crippen LogP contribution in [0.2, 0.25) is 0 Å². The van der Waals surface area contributed by atoms with Gasteiger partial charge in [0.15, 0.2) is 11.5 Å². The van der Waals surface area contributed by atoms with Crippen LogP contribution in [0.5, 0.6) is 11.5 Å². The minimum absolute atomic E-state index is 0.0171. The van der Waals surface area contributed by atoms with E-state index in [0.29, 0.717) is 33.7 Å². The van der Waals surface area contributed by atoms with Crippen LogP contribution in [0.3, 0.4) is 0 Å². The molecule has 3 amide bonds. The van der Waals surface area contributed by atoms with Gasteiger partial charge in [-0.15, -0.1) is 0 Å². The summed E-state index contributed by atoms with van der Waals surface area (Å²) in [4.78, 5) is 35.8. The zero-order chi connectivity index (χ0) is 22.5. The number of hydrogen-bond donors (Lipinski definition) is 1. The molecule has 0 aliphatic carbocycles. The Kier molecular flexibility index (Phi) is 6.91. The van der Waals surface area contributed by atoms with Crippen molar-refractivity contribution in [2.75, 3.05) is 13.2 Å². The number of halogens is 1. The number of rotatable bonds is 8. The zero-order valence-electron chi connectivity index (χ0n) is 16.9. The van der Waals surface area contributed by atoms with Crippen molar-refractivity contribution in [3.63, 3.8) is 0 Å². The molecule has 10 heteroatoms. The van der Waals surface area contributed by atoms with Gasteiger partial charge in [0, 0.05) is 18.7 Å². The van der Waals surface area contributed by atoms with Crippen LogP contribution < -0.4 is 14.8 Å². The van der Waals surface area contributed by atoms with Crippen molar-refractivity contribution in [2.24, 2.45) is 0 Å². The summed E-state index contributed by atoms with van der Waals surface area (Å²) in [5.74, 6) is 0.457. The molecule has 162 valence electrons. The fraction of sp³-hybridized carbons (Fsp3) is 0.238. The largest absolute Gasteiger partial charge is 0.490 e. The molecule has 9 nitrogen and oxygen atoms in total. The number of carbonyl (C=O) groups excluding carboxylic acids is 2. The lowest BCUT2D eigenvalue weighted by molar-refractivity contribution is -0.384. The Labute approximate surface area is 186 Å². The highest BCUT2D eigenvalue weighted by molar-refractivity contribution is 9.10. The van der Waals surface area contributed by atoms with Gasteiger partial charge in [-0.25, -0.2) is 4.79 Å². The predicted octanol–water partition coefficient (Wildman–Crippen LogP) is 4.25. The van der Waals surface area contributed by atoms with Crippen LogP contribution in [0.25, 0.3) is 6.08 Å². The average Bonchev–Trinajstić information content (AvgIpc) is 3.00. The molecule has 0 aromatic heterocycles. The number of nitro benzene ring substituents is 1. The second-order valence-electron chi connectivity index (χ2n) is 6.52. The van der Waals surface area contributed by atoms with Crippen LogP contribution in [-0.2, 0) is 11.4 Å². The van der Waals surface area contributed by atoms with Crippen molar-refractivity contribution in [1.82, 2.24) is 10.2 Å². The number of benzene rings is 2. The summed E-state index contributed by atoms with van der Waals surface area (Å²) in [6.07, 6.45) is 1.56. The minimum atomic E-state index is -0.462. The van der Waals surface area contributed by atoms with Gasteiger partial charge in [0.1, 0.15) is 12.3 Å². The number of non-ortho nitro benzene ring substituents is 1. The highest BCUT2D eigenvalue weighted by Gasteiger charge is 2.32. The molecule has 0 unspecified atom stereocenters. The minimum Gasteiger partial charge on any atom is -0.490 e. The summed E-state index contributed by atoms with van der Waals surface area (Å²) in [6, 6.07) is 9.15. The molecule has 1 fully saturated rings. The number of imide groups is 1. The van der Waals surface area contributed by atoms with E-state index in [1.807, 2.05) is 6.92 Å². The van der Waals surface area contributed by atoms with E-state index >= 15 is 0 Å². The summed E-state index contributed by atoms with van der Waals surface area (Å²) in [7, 11) is 0. The molecule has 1 aliphatic rings. The predicted molar refractivity (Wildman–Crippen MR) is 117 cm³/mol. The highest BCUT2D eigenvalue weighted by Crippen LogP contribution is 2.38. The lowest BCUT2D eigenvalue weighted by atomic mass is 10.1. The van der Waals surface area contributed by atoms with Crippen LogP contribution >= 0.6 is 15.9 Å². The Morgan fingerprint density at radius 1 is 1.19 bits per heavy atom. The van der Waals surface area contributed by atoms with E-state index in [0.717, 1.165) is 4.90 Å². The summed E-state index contributed by atoms with van der Waals surface area (Å²) in [5, 5.41) is 13.5. The third kappa shape index (κ3) is 5.02. The standard InChI is InChI=1S/C21H20BrN3O6/c1-3-24-20(26)17(23-21(24)27)10-14-9-16(22)19(18(11-14)30-4-2)31-12-13-6-5-7-15(8-13)25(28)29/h5-11H,3-4,12H2,1-2H3,(H,23,27)/b17-10+. The van der Waals surface area contributed by atoms with Crippen molar-refractivity contribution >= 4 is 39.6 Å². The molecule has 2 aromatic carbocycles. The van der Waals surface area contributed by atoms with Crippen LogP contribution in [0, 0.1) is 10.1 Å². The second kappa shape index (κ2) is 9.61. The fourth-order valence-electron chi connectivity index (χ4n) is 3.02. The molecule has 3 rings (SSSR count). The highest BCUT2D eigenvalue weighted by atomic mass is 79.9. The summed E-state index contributed by atoms with van der Waals surface area (Å²) < 4.78 is 12.1. The number of nitrogens with zero attached hydrogens (tertiary/aromatic N) is 2.